The van der Waals surface area contributed by atoms with E-state index in [1.54, 1.807) is 19.4 Å². The Morgan fingerprint density at radius 2 is 2.23 bits per heavy atom. The maximum Gasteiger partial charge on any atom is 0.234 e. The van der Waals surface area contributed by atoms with Crippen molar-refractivity contribution in [2.24, 2.45) is 5.92 Å². The summed E-state index contributed by atoms with van der Waals surface area (Å²) >= 11 is 0. The standard InChI is InChI=1S/C9H15N3O/c1-7(2)6-13-9-5-11-4-8(10-3)12-9/h4-5,7H,6H2,1-3H3,(H,10,12). The molecule has 0 saturated carbocycles. The van der Waals surface area contributed by atoms with Gasteiger partial charge in [0.05, 0.1) is 19.0 Å². The van der Waals surface area contributed by atoms with E-state index in [0.717, 1.165) is 5.82 Å². The van der Waals surface area contributed by atoms with Crippen LogP contribution in [-0.4, -0.2) is 23.6 Å². The predicted molar refractivity (Wildman–Crippen MR) is 51.9 cm³/mol. The van der Waals surface area contributed by atoms with Crippen molar-refractivity contribution in [1.29, 1.82) is 0 Å². The fourth-order valence-corrected chi connectivity index (χ4v) is 0.790. The third-order valence-corrected chi connectivity index (χ3v) is 1.43. The lowest BCUT2D eigenvalue weighted by molar-refractivity contribution is 0.260. The van der Waals surface area contributed by atoms with E-state index in [2.05, 4.69) is 29.1 Å². The molecule has 4 heteroatoms. The molecule has 0 spiro atoms. The van der Waals surface area contributed by atoms with Gasteiger partial charge in [0.15, 0.2) is 0 Å². The molecule has 0 aromatic carbocycles. The summed E-state index contributed by atoms with van der Waals surface area (Å²) in [5, 5.41) is 2.90. The first-order valence-corrected chi connectivity index (χ1v) is 4.35. The van der Waals surface area contributed by atoms with Crippen LogP contribution in [0.5, 0.6) is 5.88 Å². The van der Waals surface area contributed by atoms with E-state index >= 15 is 0 Å². The van der Waals surface area contributed by atoms with Gasteiger partial charge >= 0.3 is 0 Å². The van der Waals surface area contributed by atoms with Crippen molar-refractivity contribution >= 4 is 5.82 Å². The summed E-state index contributed by atoms with van der Waals surface area (Å²) in [6.07, 6.45) is 3.27. The Balaban J connectivity index is 2.56. The first kappa shape index (κ1) is 9.77. The molecule has 0 aliphatic heterocycles. The second-order valence-corrected chi connectivity index (χ2v) is 3.20. The number of nitrogens with zero attached hydrogens (tertiary/aromatic N) is 2. The molecular weight excluding hydrogens is 166 g/mol. The van der Waals surface area contributed by atoms with Gasteiger partial charge in [-0.25, -0.2) is 0 Å². The Labute approximate surface area is 78.4 Å². The van der Waals surface area contributed by atoms with Crippen LogP contribution in [0.1, 0.15) is 13.8 Å². The molecule has 0 fully saturated rings. The number of aromatic nitrogens is 2. The minimum Gasteiger partial charge on any atom is -0.476 e. The number of anilines is 1. The summed E-state index contributed by atoms with van der Waals surface area (Å²) in [4.78, 5) is 8.15. The minimum atomic E-state index is 0.500. The van der Waals surface area contributed by atoms with Gasteiger partial charge in [-0.3, -0.25) is 4.98 Å². The molecule has 1 aromatic heterocycles. The third kappa shape index (κ3) is 3.27. The SMILES string of the molecule is CNc1cncc(OCC(C)C)n1. The second kappa shape index (κ2) is 4.64. The average molecular weight is 181 g/mol. The Morgan fingerprint density at radius 3 is 2.85 bits per heavy atom. The van der Waals surface area contributed by atoms with Gasteiger partial charge in [-0.2, -0.15) is 4.98 Å². The van der Waals surface area contributed by atoms with Crippen LogP contribution in [0.4, 0.5) is 5.82 Å². The summed E-state index contributed by atoms with van der Waals surface area (Å²) in [6.45, 7) is 4.85. The molecule has 1 heterocycles. The lowest BCUT2D eigenvalue weighted by atomic mass is 10.2. The van der Waals surface area contributed by atoms with E-state index in [4.69, 9.17) is 4.74 Å². The van der Waals surface area contributed by atoms with E-state index < -0.39 is 0 Å². The highest BCUT2D eigenvalue weighted by Gasteiger charge is 1.99. The largest absolute Gasteiger partial charge is 0.476 e. The number of nitrogens with one attached hydrogen (secondary N) is 1. The Bertz CT molecular complexity index is 263. The van der Waals surface area contributed by atoms with Crippen LogP contribution in [0.15, 0.2) is 12.4 Å². The molecule has 0 atom stereocenters. The van der Waals surface area contributed by atoms with Gasteiger partial charge in [-0.1, -0.05) is 13.8 Å². The topological polar surface area (TPSA) is 47.0 Å². The summed E-state index contributed by atoms with van der Waals surface area (Å²) in [6, 6.07) is 0. The van der Waals surface area contributed by atoms with Crippen molar-refractivity contribution in [3.05, 3.63) is 12.4 Å². The van der Waals surface area contributed by atoms with Gasteiger partial charge < -0.3 is 10.1 Å². The van der Waals surface area contributed by atoms with Crippen LogP contribution in [0.3, 0.4) is 0 Å². The zero-order valence-corrected chi connectivity index (χ0v) is 8.24. The summed E-state index contributed by atoms with van der Waals surface area (Å²) < 4.78 is 5.40. The molecule has 0 radical (unpaired) electrons. The molecule has 1 rings (SSSR count). The Morgan fingerprint density at radius 1 is 1.46 bits per heavy atom. The van der Waals surface area contributed by atoms with Crippen molar-refractivity contribution in [3.8, 4) is 5.88 Å². The van der Waals surface area contributed by atoms with Gasteiger partial charge in [0.25, 0.3) is 0 Å². The fraction of sp³-hybridized carbons (Fsp3) is 0.556. The normalized spacial score (nSPS) is 10.2. The summed E-state index contributed by atoms with van der Waals surface area (Å²) in [5.74, 6) is 1.79. The highest BCUT2D eigenvalue weighted by molar-refractivity contribution is 5.31. The zero-order valence-electron chi connectivity index (χ0n) is 8.24. The zero-order chi connectivity index (χ0) is 9.68. The van der Waals surface area contributed by atoms with Crippen LogP contribution in [0, 0.1) is 5.92 Å². The van der Waals surface area contributed by atoms with Crippen LogP contribution in [0.2, 0.25) is 0 Å². The predicted octanol–water partition coefficient (Wildman–Crippen LogP) is 1.55. The summed E-state index contributed by atoms with van der Waals surface area (Å²) in [7, 11) is 1.80. The molecule has 1 N–H and O–H groups in total. The van der Waals surface area contributed by atoms with Crippen molar-refractivity contribution in [1.82, 2.24) is 9.97 Å². The van der Waals surface area contributed by atoms with Crippen LogP contribution < -0.4 is 10.1 Å². The van der Waals surface area contributed by atoms with Crippen molar-refractivity contribution in [2.45, 2.75) is 13.8 Å². The van der Waals surface area contributed by atoms with Gasteiger partial charge in [-0.05, 0) is 5.92 Å². The van der Waals surface area contributed by atoms with Crippen molar-refractivity contribution < 1.29 is 4.74 Å². The highest BCUT2D eigenvalue weighted by Crippen LogP contribution is 2.09. The molecule has 1 aromatic rings. The summed E-state index contributed by atoms with van der Waals surface area (Å²) in [5.41, 5.74) is 0. The lowest BCUT2D eigenvalue weighted by Crippen LogP contribution is -2.06. The molecule has 4 nitrogen and oxygen atoms in total. The van der Waals surface area contributed by atoms with Gasteiger partial charge in [0.1, 0.15) is 5.82 Å². The second-order valence-electron chi connectivity index (χ2n) is 3.20. The average Bonchev–Trinajstić information content (AvgIpc) is 2.15. The number of ether oxygens (including phenoxy) is 1. The maximum absolute atomic E-state index is 5.40. The molecule has 0 saturated heterocycles. The van der Waals surface area contributed by atoms with Crippen LogP contribution in [-0.2, 0) is 0 Å². The Kier molecular flexibility index (Phi) is 3.49. The minimum absolute atomic E-state index is 0.500. The van der Waals surface area contributed by atoms with E-state index in [1.807, 2.05) is 0 Å². The quantitative estimate of drug-likeness (QED) is 0.765. The molecule has 0 unspecified atom stereocenters. The highest BCUT2D eigenvalue weighted by atomic mass is 16.5. The molecule has 0 bridgehead atoms. The number of rotatable bonds is 4. The Hall–Kier alpha value is -1.32. The van der Waals surface area contributed by atoms with Crippen molar-refractivity contribution in [3.63, 3.8) is 0 Å². The van der Waals surface area contributed by atoms with Gasteiger partial charge in [0.2, 0.25) is 5.88 Å². The fourth-order valence-electron chi connectivity index (χ4n) is 0.790. The van der Waals surface area contributed by atoms with E-state index in [-0.39, 0.29) is 0 Å². The molecule has 0 amide bonds. The third-order valence-electron chi connectivity index (χ3n) is 1.43. The monoisotopic (exact) mass is 181 g/mol. The molecule has 0 aliphatic rings. The van der Waals surface area contributed by atoms with Gasteiger partial charge in [-0.15, -0.1) is 0 Å². The van der Waals surface area contributed by atoms with E-state index in [0.29, 0.717) is 18.4 Å². The lowest BCUT2D eigenvalue weighted by Gasteiger charge is -2.07. The van der Waals surface area contributed by atoms with E-state index in [9.17, 15) is 0 Å². The van der Waals surface area contributed by atoms with Crippen LogP contribution in [0.25, 0.3) is 0 Å². The first-order chi connectivity index (χ1) is 6.22. The maximum atomic E-state index is 5.40. The van der Waals surface area contributed by atoms with Crippen LogP contribution >= 0.6 is 0 Å². The number of hydrogen-bond acceptors (Lipinski definition) is 4. The molecule has 72 valence electrons. The molecule has 0 aliphatic carbocycles. The molecule has 13 heavy (non-hydrogen) atoms. The van der Waals surface area contributed by atoms with Crippen molar-refractivity contribution in [2.75, 3.05) is 19.0 Å². The smallest absolute Gasteiger partial charge is 0.234 e. The first-order valence-electron chi connectivity index (χ1n) is 4.35. The van der Waals surface area contributed by atoms with Gasteiger partial charge in [0, 0.05) is 7.05 Å². The van der Waals surface area contributed by atoms with E-state index in [1.165, 1.54) is 0 Å². The molecular formula is C9H15N3O. The number of hydrogen-bond donors (Lipinski definition) is 1.